The molecule has 11 heavy (non-hydrogen) atoms. The van der Waals surface area contributed by atoms with Crippen molar-refractivity contribution in [2.24, 2.45) is 5.92 Å². The normalized spacial score (nSPS) is 25.5. The molecule has 0 saturated carbocycles. The number of hydrogen-bond donors (Lipinski definition) is 2. The van der Waals surface area contributed by atoms with Crippen LogP contribution in [0.3, 0.4) is 0 Å². The van der Waals surface area contributed by atoms with Crippen molar-refractivity contribution >= 4 is 5.78 Å². The largest absolute Gasteiger partial charge is 0.396 e. The van der Waals surface area contributed by atoms with Gasteiger partial charge in [-0.25, -0.2) is 0 Å². The molecule has 2 N–H and O–H groups in total. The number of piperidine rings is 1. The van der Waals surface area contributed by atoms with Crippen LogP contribution in [0.4, 0.5) is 0 Å². The first-order valence-corrected chi connectivity index (χ1v) is 4.19. The van der Waals surface area contributed by atoms with Gasteiger partial charge in [-0.1, -0.05) is 0 Å². The molecule has 1 fully saturated rings. The first-order valence-electron chi connectivity index (χ1n) is 4.19. The Morgan fingerprint density at radius 2 is 2.45 bits per heavy atom. The lowest BCUT2D eigenvalue weighted by molar-refractivity contribution is -0.124. The van der Waals surface area contributed by atoms with E-state index in [1.54, 1.807) is 0 Å². The van der Waals surface area contributed by atoms with Crippen LogP contribution in [0.1, 0.15) is 19.3 Å². The summed E-state index contributed by atoms with van der Waals surface area (Å²) >= 11 is 0. The van der Waals surface area contributed by atoms with Crippen LogP contribution in [0.15, 0.2) is 0 Å². The second-order valence-corrected chi connectivity index (χ2v) is 2.98. The first-order chi connectivity index (χ1) is 5.34. The highest BCUT2D eigenvalue weighted by Gasteiger charge is 2.20. The van der Waals surface area contributed by atoms with Crippen LogP contribution in [0, 0.1) is 5.92 Å². The number of rotatable bonds is 3. The van der Waals surface area contributed by atoms with E-state index in [0.717, 1.165) is 25.9 Å². The Hall–Kier alpha value is -0.410. The molecule has 1 aliphatic heterocycles. The number of hydrogen-bond acceptors (Lipinski definition) is 3. The molecule has 0 radical (unpaired) electrons. The molecule has 1 unspecified atom stereocenters. The summed E-state index contributed by atoms with van der Waals surface area (Å²) in [5, 5.41) is 11.7. The maximum Gasteiger partial charge on any atom is 0.138 e. The predicted molar refractivity (Wildman–Crippen MR) is 42.3 cm³/mol. The van der Waals surface area contributed by atoms with Crippen molar-refractivity contribution in [3.8, 4) is 0 Å². The molecule has 1 rings (SSSR count). The molecule has 0 aromatic heterocycles. The summed E-state index contributed by atoms with van der Waals surface area (Å²) in [6.45, 7) is 1.83. The lowest BCUT2D eigenvalue weighted by Gasteiger charge is -2.20. The first kappa shape index (κ1) is 8.68. The second kappa shape index (κ2) is 4.46. The highest BCUT2D eigenvalue weighted by molar-refractivity contribution is 5.82. The summed E-state index contributed by atoms with van der Waals surface area (Å²) in [6, 6.07) is 0. The summed E-state index contributed by atoms with van der Waals surface area (Å²) in [5.41, 5.74) is 0. The number of carbonyl (C=O) groups is 1. The maximum atomic E-state index is 11.2. The topological polar surface area (TPSA) is 49.3 Å². The third-order valence-electron chi connectivity index (χ3n) is 2.10. The van der Waals surface area contributed by atoms with Gasteiger partial charge in [0.25, 0.3) is 0 Å². The molecule has 1 heterocycles. The minimum Gasteiger partial charge on any atom is -0.396 e. The number of aliphatic hydroxyl groups is 1. The van der Waals surface area contributed by atoms with Gasteiger partial charge in [-0.3, -0.25) is 4.79 Å². The molecular formula is C8H15NO2. The van der Waals surface area contributed by atoms with Crippen molar-refractivity contribution in [1.29, 1.82) is 0 Å². The molecular weight excluding hydrogens is 142 g/mol. The highest BCUT2D eigenvalue weighted by Crippen LogP contribution is 2.11. The van der Waals surface area contributed by atoms with Gasteiger partial charge in [-0.05, 0) is 12.8 Å². The number of ketones is 1. The number of nitrogens with one attached hydrogen (secondary N) is 1. The van der Waals surface area contributed by atoms with E-state index in [1.807, 2.05) is 0 Å². The molecule has 0 amide bonds. The van der Waals surface area contributed by atoms with Gasteiger partial charge < -0.3 is 10.4 Å². The second-order valence-electron chi connectivity index (χ2n) is 2.98. The van der Waals surface area contributed by atoms with E-state index in [2.05, 4.69) is 5.32 Å². The van der Waals surface area contributed by atoms with E-state index in [-0.39, 0.29) is 12.5 Å². The van der Waals surface area contributed by atoms with Crippen molar-refractivity contribution < 1.29 is 9.90 Å². The minimum absolute atomic E-state index is 0.163. The lowest BCUT2D eigenvalue weighted by Crippen LogP contribution is -2.36. The molecule has 0 spiro atoms. The quantitative estimate of drug-likeness (QED) is 0.603. The van der Waals surface area contributed by atoms with E-state index >= 15 is 0 Å². The molecule has 0 aromatic carbocycles. The van der Waals surface area contributed by atoms with Crippen molar-refractivity contribution in [3.05, 3.63) is 0 Å². The van der Waals surface area contributed by atoms with Crippen molar-refractivity contribution in [1.82, 2.24) is 5.32 Å². The van der Waals surface area contributed by atoms with Crippen LogP contribution in [0.2, 0.25) is 0 Å². The number of Topliss-reactive ketones (excluding diaryl/α,β-unsaturated/α-hetero) is 1. The van der Waals surface area contributed by atoms with Crippen LogP contribution in [0.25, 0.3) is 0 Å². The summed E-state index contributed by atoms with van der Waals surface area (Å²) in [4.78, 5) is 11.2. The standard InChI is InChI=1S/C8H15NO2/c10-5-1-2-7-6-9-4-3-8(7)11/h7,9-10H,1-6H2. The average Bonchev–Trinajstić information content (AvgIpc) is 2.03. The number of aliphatic hydroxyl groups excluding tert-OH is 1. The zero-order valence-corrected chi connectivity index (χ0v) is 6.68. The van der Waals surface area contributed by atoms with Crippen LogP contribution in [-0.2, 0) is 4.79 Å². The van der Waals surface area contributed by atoms with Crippen molar-refractivity contribution in [2.75, 3.05) is 19.7 Å². The maximum absolute atomic E-state index is 11.2. The molecule has 0 bridgehead atoms. The fourth-order valence-corrected chi connectivity index (χ4v) is 1.41. The molecule has 0 aromatic rings. The van der Waals surface area contributed by atoms with Gasteiger partial charge in [0.2, 0.25) is 0 Å². The van der Waals surface area contributed by atoms with Crippen LogP contribution < -0.4 is 5.32 Å². The van der Waals surface area contributed by atoms with Gasteiger partial charge >= 0.3 is 0 Å². The van der Waals surface area contributed by atoms with E-state index in [0.29, 0.717) is 12.2 Å². The molecule has 3 nitrogen and oxygen atoms in total. The Morgan fingerprint density at radius 1 is 1.64 bits per heavy atom. The van der Waals surface area contributed by atoms with Gasteiger partial charge in [0.1, 0.15) is 5.78 Å². The van der Waals surface area contributed by atoms with Crippen LogP contribution >= 0.6 is 0 Å². The molecule has 1 atom stereocenters. The van der Waals surface area contributed by atoms with Gasteiger partial charge in [0.15, 0.2) is 0 Å². The molecule has 0 aliphatic carbocycles. The predicted octanol–water partition coefficient (Wildman–Crippen LogP) is -0.0625. The van der Waals surface area contributed by atoms with Crippen molar-refractivity contribution in [3.63, 3.8) is 0 Å². The van der Waals surface area contributed by atoms with Crippen molar-refractivity contribution in [2.45, 2.75) is 19.3 Å². The Balaban J connectivity index is 2.24. The van der Waals surface area contributed by atoms with Crippen LogP contribution in [0.5, 0.6) is 0 Å². The summed E-state index contributed by atoms with van der Waals surface area (Å²) in [5.74, 6) is 0.521. The van der Waals surface area contributed by atoms with Crippen LogP contribution in [-0.4, -0.2) is 30.6 Å². The monoisotopic (exact) mass is 157 g/mol. The third-order valence-corrected chi connectivity index (χ3v) is 2.10. The Kier molecular flexibility index (Phi) is 3.52. The smallest absolute Gasteiger partial charge is 0.138 e. The average molecular weight is 157 g/mol. The molecule has 1 saturated heterocycles. The molecule has 64 valence electrons. The van der Waals surface area contributed by atoms with E-state index in [1.165, 1.54) is 0 Å². The summed E-state index contributed by atoms with van der Waals surface area (Å²) < 4.78 is 0. The zero-order chi connectivity index (χ0) is 8.10. The van der Waals surface area contributed by atoms with Gasteiger partial charge in [0.05, 0.1) is 0 Å². The zero-order valence-electron chi connectivity index (χ0n) is 6.68. The lowest BCUT2D eigenvalue weighted by atomic mass is 9.93. The van der Waals surface area contributed by atoms with Gasteiger partial charge in [-0.15, -0.1) is 0 Å². The minimum atomic E-state index is 0.163. The Labute approximate surface area is 66.8 Å². The fourth-order valence-electron chi connectivity index (χ4n) is 1.41. The fraction of sp³-hybridized carbons (Fsp3) is 0.875. The summed E-state index contributed by atoms with van der Waals surface area (Å²) in [7, 11) is 0. The Morgan fingerprint density at radius 3 is 3.09 bits per heavy atom. The molecule has 1 aliphatic rings. The summed E-state index contributed by atoms with van der Waals surface area (Å²) in [6.07, 6.45) is 2.25. The Bertz CT molecular complexity index is 136. The van der Waals surface area contributed by atoms with E-state index in [9.17, 15) is 4.79 Å². The van der Waals surface area contributed by atoms with E-state index < -0.39 is 0 Å². The third kappa shape index (κ3) is 2.60. The highest BCUT2D eigenvalue weighted by atomic mass is 16.2. The molecule has 3 heteroatoms. The van der Waals surface area contributed by atoms with Gasteiger partial charge in [0, 0.05) is 32.0 Å². The van der Waals surface area contributed by atoms with Gasteiger partial charge in [-0.2, -0.15) is 0 Å². The van der Waals surface area contributed by atoms with E-state index in [4.69, 9.17) is 5.11 Å². The number of carbonyl (C=O) groups excluding carboxylic acids is 1. The SMILES string of the molecule is O=C1CCNCC1CCCO.